The first-order valence-corrected chi connectivity index (χ1v) is 10.0. The molecule has 2 heterocycles. The van der Waals surface area contributed by atoms with Gasteiger partial charge in [0.2, 0.25) is 11.8 Å². The quantitative estimate of drug-likeness (QED) is 0.728. The highest BCUT2D eigenvalue weighted by Gasteiger charge is 2.24. The number of rotatable bonds is 7. The molecule has 1 atom stereocenters. The van der Waals surface area contributed by atoms with Crippen molar-refractivity contribution in [1.29, 1.82) is 0 Å². The van der Waals surface area contributed by atoms with Gasteiger partial charge in [0.15, 0.2) is 0 Å². The molecule has 2 fully saturated rings. The Morgan fingerprint density at radius 1 is 1.19 bits per heavy atom. The summed E-state index contributed by atoms with van der Waals surface area (Å²) in [6.07, 6.45) is 6.12. The van der Waals surface area contributed by atoms with Crippen molar-refractivity contribution in [2.45, 2.75) is 51.4 Å². The Hall–Kier alpha value is -1.98. The van der Waals surface area contributed by atoms with Crippen LogP contribution in [0.2, 0.25) is 0 Å². The van der Waals surface area contributed by atoms with Gasteiger partial charge in [-0.05, 0) is 56.1 Å². The third kappa shape index (κ3) is 5.50. The summed E-state index contributed by atoms with van der Waals surface area (Å²) in [6, 6.07) is 3.73. The Morgan fingerprint density at radius 2 is 2.04 bits per heavy atom. The molecule has 0 radical (unpaired) electrons. The lowest BCUT2D eigenvalue weighted by Crippen LogP contribution is -2.40. The molecule has 0 unspecified atom stereocenters. The van der Waals surface area contributed by atoms with Gasteiger partial charge in [-0.3, -0.25) is 9.59 Å². The molecule has 0 saturated carbocycles. The minimum atomic E-state index is -0.554. The Labute approximate surface area is 159 Å². The van der Waals surface area contributed by atoms with Gasteiger partial charge in [-0.2, -0.15) is 0 Å². The molecule has 6 heteroatoms. The summed E-state index contributed by atoms with van der Waals surface area (Å²) in [5.74, 6) is -0.336. The van der Waals surface area contributed by atoms with E-state index < -0.39 is 11.6 Å². The molecular formula is C21H28F2N2O2. The molecular weight excluding hydrogens is 350 g/mol. The maximum atomic E-state index is 13.8. The van der Waals surface area contributed by atoms with Crippen LogP contribution in [0.1, 0.15) is 50.5 Å². The van der Waals surface area contributed by atoms with Gasteiger partial charge in [0.1, 0.15) is 11.6 Å². The zero-order valence-corrected chi connectivity index (χ0v) is 15.8. The van der Waals surface area contributed by atoms with E-state index in [1.54, 1.807) is 0 Å². The van der Waals surface area contributed by atoms with Crippen molar-refractivity contribution in [2.24, 2.45) is 5.92 Å². The minimum absolute atomic E-state index is 0.152. The molecule has 1 aromatic carbocycles. The van der Waals surface area contributed by atoms with Crippen LogP contribution in [0, 0.1) is 17.6 Å². The number of hydrogen-bond donors (Lipinski definition) is 0. The lowest BCUT2D eigenvalue weighted by molar-refractivity contribution is -0.134. The fourth-order valence-electron chi connectivity index (χ4n) is 4.13. The van der Waals surface area contributed by atoms with Gasteiger partial charge in [0.05, 0.1) is 0 Å². The predicted octanol–water partition coefficient (Wildman–Crippen LogP) is 3.54. The van der Waals surface area contributed by atoms with Gasteiger partial charge in [-0.25, -0.2) is 8.78 Å². The Balaban J connectivity index is 1.41. The number of nitrogens with zero attached hydrogens (tertiary/aromatic N) is 2. The molecule has 1 aromatic rings. The van der Waals surface area contributed by atoms with Crippen LogP contribution in [0.15, 0.2) is 18.2 Å². The second-order valence-corrected chi connectivity index (χ2v) is 7.71. The maximum Gasteiger partial charge on any atom is 0.222 e. The number of hydrogen-bond acceptors (Lipinski definition) is 2. The van der Waals surface area contributed by atoms with Crippen molar-refractivity contribution in [1.82, 2.24) is 9.80 Å². The molecule has 2 amide bonds. The minimum Gasteiger partial charge on any atom is -0.343 e. The van der Waals surface area contributed by atoms with E-state index in [1.165, 1.54) is 12.1 Å². The fourth-order valence-corrected chi connectivity index (χ4v) is 4.13. The topological polar surface area (TPSA) is 40.6 Å². The number of halogens is 2. The van der Waals surface area contributed by atoms with Gasteiger partial charge in [-0.15, -0.1) is 0 Å². The van der Waals surface area contributed by atoms with Crippen LogP contribution in [0.3, 0.4) is 0 Å². The van der Waals surface area contributed by atoms with E-state index in [1.807, 2.05) is 9.80 Å². The maximum absolute atomic E-state index is 13.8. The molecule has 0 aliphatic carbocycles. The molecule has 148 valence electrons. The van der Waals surface area contributed by atoms with Gasteiger partial charge >= 0.3 is 0 Å². The molecule has 0 bridgehead atoms. The normalized spacial score (nSPS) is 20.4. The predicted molar refractivity (Wildman–Crippen MR) is 99.0 cm³/mol. The van der Waals surface area contributed by atoms with Crippen LogP contribution in [0.5, 0.6) is 0 Å². The van der Waals surface area contributed by atoms with Crippen LogP contribution in [0.25, 0.3) is 0 Å². The summed E-state index contributed by atoms with van der Waals surface area (Å²) in [7, 11) is 0. The van der Waals surface area contributed by atoms with E-state index in [2.05, 4.69) is 0 Å². The number of aryl methyl sites for hydroxylation is 1. The second-order valence-electron chi connectivity index (χ2n) is 7.71. The van der Waals surface area contributed by atoms with Gasteiger partial charge in [-0.1, -0.05) is 6.07 Å². The van der Waals surface area contributed by atoms with Gasteiger partial charge < -0.3 is 9.80 Å². The average molecular weight is 378 g/mol. The van der Waals surface area contributed by atoms with Crippen LogP contribution >= 0.6 is 0 Å². The third-order valence-electron chi connectivity index (χ3n) is 5.70. The van der Waals surface area contributed by atoms with Crippen LogP contribution in [0.4, 0.5) is 8.78 Å². The Morgan fingerprint density at radius 3 is 2.78 bits per heavy atom. The van der Waals surface area contributed by atoms with Crippen LogP contribution in [-0.4, -0.2) is 47.8 Å². The van der Waals surface area contributed by atoms with Gasteiger partial charge in [0.25, 0.3) is 0 Å². The lowest BCUT2D eigenvalue weighted by atomic mass is 9.91. The first-order valence-electron chi connectivity index (χ1n) is 10.0. The number of likely N-dealkylation sites (tertiary alicyclic amines) is 2. The average Bonchev–Trinajstić information content (AvgIpc) is 3.06. The summed E-state index contributed by atoms with van der Waals surface area (Å²) < 4.78 is 26.8. The van der Waals surface area contributed by atoms with E-state index >= 15 is 0 Å². The van der Waals surface area contributed by atoms with E-state index in [-0.39, 0.29) is 11.8 Å². The van der Waals surface area contributed by atoms with E-state index in [0.29, 0.717) is 50.3 Å². The lowest BCUT2D eigenvalue weighted by Gasteiger charge is -2.33. The van der Waals surface area contributed by atoms with E-state index in [0.717, 1.165) is 44.8 Å². The van der Waals surface area contributed by atoms with E-state index in [4.69, 9.17) is 0 Å². The number of amides is 2. The molecule has 2 aliphatic rings. The fraction of sp³-hybridized carbons (Fsp3) is 0.619. The highest BCUT2D eigenvalue weighted by molar-refractivity contribution is 5.78. The van der Waals surface area contributed by atoms with Crippen LogP contribution < -0.4 is 0 Å². The highest BCUT2D eigenvalue weighted by atomic mass is 19.1. The van der Waals surface area contributed by atoms with Crippen molar-refractivity contribution in [3.8, 4) is 0 Å². The summed E-state index contributed by atoms with van der Waals surface area (Å²) in [4.78, 5) is 27.9. The molecule has 0 spiro atoms. The zero-order chi connectivity index (χ0) is 19.2. The van der Waals surface area contributed by atoms with Crippen molar-refractivity contribution >= 4 is 11.8 Å². The highest BCUT2D eigenvalue weighted by Crippen LogP contribution is 2.23. The van der Waals surface area contributed by atoms with Crippen molar-refractivity contribution in [3.63, 3.8) is 0 Å². The molecule has 2 aliphatic heterocycles. The number of carbonyl (C=O) groups is 2. The largest absolute Gasteiger partial charge is 0.343 e. The summed E-state index contributed by atoms with van der Waals surface area (Å²) in [5.41, 5.74) is 0.537. The molecule has 4 nitrogen and oxygen atoms in total. The molecule has 3 rings (SSSR count). The number of piperidine rings is 1. The van der Waals surface area contributed by atoms with Crippen molar-refractivity contribution < 1.29 is 18.4 Å². The smallest absolute Gasteiger partial charge is 0.222 e. The Kier molecular flexibility index (Phi) is 6.80. The zero-order valence-electron chi connectivity index (χ0n) is 15.8. The monoisotopic (exact) mass is 378 g/mol. The summed E-state index contributed by atoms with van der Waals surface area (Å²) >= 11 is 0. The summed E-state index contributed by atoms with van der Waals surface area (Å²) in [5, 5.41) is 0. The Bertz CT molecular complexity index is 680. The number of benzene rings is 1. The van der Waals surface area contributed by atoms with E-state index in [9.17, 15) is 18.4 Å². The molecule has 0 N–H and O–H groups in total. The SMILES string of the molecule is O=C1CCCN1CCCC(=O)N1CCC[C@H](CCc2ccc(F)cc2F)C1. The first-order chi connectivity index (χ1) is 13.0. The third-order valence-corrected chi connectivity index (χ3v) is 5.70. The number of carbonyl (C=O) groups excluding carboxylic acids is 2. The van der Waals surface area contributed by atoms with Crippen molar-refractivity contribution in [3.05, 3.63) is 35.4 Å². The molecule has 2 saturated heterocycles. The molecule has 27 heavy (non-hydrogen) atoms. The molecule has 0 aromatic heterocycles. The van der Waals surface area contributed by atoms with Crippen LogP contribution in [-0.2, 0) is 16.0 Å². The first kappa shape index (κ1) is 19.8. The second kappa shape index (κ2) is 9.29. The standard InChI is InChI=1S/C21H28F2N2O2/c22-18-10-9-17(19(23)14-18)8-7-16-4-1-13-25(15-16)21(27)6-3-12-24-11-2-5-20(24)26/h9-10,14,16H,1-8,11-13,15H2/t16-/m1/s1. The summed E-state index contributed by atoms with van der Waals surface area (Å²) in [6.45, 7) is 2.98. The van der Waals surface area contributed by atoms with Crippen molar-refractivity contribution in [2.75, 3.05) is 26.2 Å². The van der Waals surface area contributed by atoms with Gasteiger partial charge in [0, 0.05) is 45.1 Å².